The summed E-state index contributed by atoms with van der Waals surface area (Å²) in [4.78, 5) is 0. The molecule has 0 bridgehead atoms. The van der Waals surface area contributed by atoms with Gasteiger partial charge in [-0.05, 0) is 34.6 Å². The van der Waals surface area contributed by atoms with Gasteiger partial charge in [-0.2, -0.15) is 0 Å². The highest BCUT2D eigenvalue weighted by Crippen LogP contribution is 2.40. The van der Waals surface area contributed by atoms with E-state index in [9.17, 15) is 0 Å². The Morgan fingerprint density at radius 2 is 1.71 bits per heavy atom. The summed E-state index contributed by atoms with van der Waals surface area (Å²) in [7, 11) is 0. The maximum Gasteiger partial charge on any atom is 0.108 e. The van der Waals surface area contributed by atoms with Crippen LogP contribution in [0.4, 0.5) is 0 Å². The third kappa shape index (κ3) is 3.67. The summed E-state index contributed by atoms with van der Waals surface area (Å²) in [6, 6.07) is 0. The molecule has 1 heterocycles. The van der Waals surface area contributed by atoms with Crippen molar-refractivity contribution >= 4 is 0 Å². The first-order chi connectivity index (χ1) is 7.75. The lowest BCUT2D eigenvalue weighted by atomic mass is 9.82. The molecule has 0 spiro atoms. The summed E-state index contributed by atoms with van der Waals surface area (Å²) in [6.07, 6.45) is 0.806. The molecule has 3 heteroatoms. The van der Waals surface area contributed by atoms with E-state index in [2.05, 4.69) is 34.6 Å². The van der Waals surface area contributed by atoms with E-state index < -0.39 is 0 Å². The van der Waals surface area contributed by atoms with Gasteiger partial charge in [0.1, 0.15) is 6.10 Å². The lowest BCUT2D eigenvalue weighted by molar-refractivity contribution is -0.0934. The fourth-order valence-corrected chi connectivity index (χ4v) is 2.19. The van der Waals surface area contributed by atoms with E-state index in [4.69, 9.17) is 14.2 Å². The van der Waals surface area contributed by atoms with Gasteiger partial charge in [-0.3, -0.25) is 0 Å². The second-order valence-electron chi connectivity index (χ2n) is 6.13. The molecule has 0 saturated carbocycles. The van der Waals surface area contributed by atoms with Gasteiger partial charge < -0.3 is 14.2 Å². The molecule has 0 aromatic rings. The summed E-state index contributed by atoms with van der Waals surface area (Å²) in [5, 5.41) is 0. The Bertz CT molecular complexity index is 236. The van der Waals surface area contributed by atoms with E-state index in [1.807, 2.05) is 13.8 Å². The van der Waals surface area contributed by atoms with Gasteiger partial charge in [0.25, 0.3) is 0 Å². The first-order valence-electron chi connectivity index (χ1n) is 6.67. The van der Waals surface area contributed by atoms with Crippen LogP contribution in [-0.4, -0.2) is 37.1 Å². The summed E-state index contributed by atoms with van der Waals surface area (Å²) in [5.41, 5.74) is 0.0370. The topological polar surface area (TPSA) is 27.7 Å². The molecule has 1 aliphatic heterocycles. The highest BCUT2D eigenvalue weighted by atomic mass is 16.6. The molecule has 3 nitrogen and oxygen atoms in total. The monoisotopic (exact) mass is 244 g/mol. The Morgan fingerprint density at radius 1 is 1.12 bits per heavy atom. The molecule has 102 valence electrons. The Balaban J connectivity index is 2.68. The minimum atomic E-state index is 0.0370. The van der Waals surface area contributed by atoms with Crippen molar-refractivity contribution in [1.29, 1.82) is 0 Å². The Morgan fingerprint density at radius 3 is 2.18 bits per heavy atom. The van der Waals surface area contributed by atoms with Gasteiger partial charge in [-0.15, -0.1) is 0 Å². The highest BCUT2D eigenvalue weighted by Gasteiger charge is 2.49. The Labute approximate surface area is 106 Å². The average Bonchev–Trinajstić information content (AvgIpc) is 2.38. The molecule has 1 saturated heterocycles. The molecule has 17 heavy (non-hydrogen) atoms. The molecule has 0 radical (unpaired) electrons. The summed E-state index contributed by atoms with van der Waals surface area (Å²) < 4.78 is 17.7. The van der Waals surface area contributed by atoms with Crippen LogP contribution in [-0.2, 0) is 14.2 Å². The fourth-order valence-electron chi connectivity index (χ4n) is 2.19. The molecule has 1 aliphatic rings. The fraction of sp³-hybridized carbons (Fsp3) is 1.00. The Kier molecular flexibility index (Phi) is 4.99. The van der Waals surface area contributed by atoms with Crippen molar-refractivity contribution in [3.63, 3.8) is 0 Å². The van der Waals surface area contributed by atoms with Crippen LogP contribution in [0.15, 0.2) is 0 Å². The van der Waals surface area contributed by atoms with E-state index in [1.165, 1.54) is 0 Å². The summed E-state index contributed by atoms with van der Waals surface area (Å²) in [5.74, 6) is 0. The standard InChI is InChI=1S/C14H28O3/c1-9(2)15-8-12-13(16-10(3)4)14(6,7)11(5)17-12/h9-13H,8H2,1-7H3/t11-,12+,13+/m1/s1. The number of hydrogen-bond donors (Lipinski definition) is 0. The van der Waals surface area contributed by atoms with Gasteiger partial charge in [0.15, 0.2) is 0 Å². The van der Waals surface area contributed by atoms with Gasteiger partial charge in [-0.1, -0.05) is 13.8 Å². The van der Waals surface area contributed by atoms with Gasteiger partial charge in [0, 0.05) is 5.41 Å². The first kappa shape index (κ1) is 14.9. The van der Waals surface area contributed by atoms with Crippen LogP contribution < -0.4 is 0 Å². The minimum Gasteiger partial charge on any atom is -0.376 e. The quantitative estimate of drug-likeness (QED) is 0.744. The average molecular weight is 244 g/mol. The van der Waals surface area contributed by atoms with Gasteiger partial charge in [0.05, 0.1) is 31.0 Å². The third-order valence-electron chi connectivity index (χ3n) is 3.51. The van der Waals surface area contributed by atoms with Crippen LogP contribution in [0.25, 0.3) is 0 Å². The van der Waals surface area contributed by atoms with Crippen LogP contribution in [0.2, 0.25) is 0 Å². The van der Waals surface area contributed by atoms with Crippen molar-refractivity contribution in [2.45, 2.75) is 79.0 Å². The van der Waals surface area contributed by atoms with Gasteiger partial charge >= 0.3 is 0 Å². The van der Waals surface area contributed by atoms with Crippen molar-refractivity contribution in [3.05, 3.63) is 0 Å². The number of rotatable bonds is 5. The summed E-state index contributed by atoms with van der Waals surface area (Å²) in [6.45, 7) is 15.4. The maximum atomic E-state index is 6.04. The number of hydrogen-bond acceptors (Lipinski definition) is 3. The van der Waals surface area contributed by atoms with Crippen molar-refractivity contribution in [2.75, 3.05) is 6.61 Å². The smallest absolute Gasteiger partial charge is 0.108 e. The lowest BCUT2D eigenvalue weighted by Gasteiger charge is -2.31. The maximum absolute atomic E-state index is 6.04. The molecule has 0 aliphatic carbocycles. The van der Waals surface area contributed by atoms with Crippen molar-refractivity contribution < 1.29 is 14.2 Å². The van der Waals surface area contributed by atoms with E-state index in [-0.39, 0.29) is 35.9 Å². The molecule has 0 N–H and O–H groups in total. The molecule has 1 rings (SSSR count). The zero-order valence-electron chi connectivity index (χ0n) is 12.3. The largest absolute Gasteiger partial charge is 0.376 e. The van der Waals surface area contributed by atoms with E-state index >= 15 is 0 Å². The second kappa shape index (κ2) is 5.68. The molecular weight excluding hydrogens is 216 g/mol. The van der Waals surface area contributed by atoms with Crippen molar-refractivity contribution in [3.8, 4) is 0 Å². The van der Waals surface area contributed by atoms with E-state index in [0.717, 1.165) is 0 Å². The highest BCUT2D eigenvalue weighted by molar-refractivity contribution is 4.96. The van der Waals surface area contributed by atoms with Gasteiger partial charge in [-0.25, -0.2) is 0 Å². The second-order valence-corrected chi connectivity index (χ2v) is 6.13. The van der Waals surface area contributed by atoms with Crippen LogP contribution in [0, 0.1) is 5.41 Å². The number of ether oxygens (including phenoxy) is 3. The predicted octanol–water partition coefficient (Wildman–Crippen LogP) is 3.02. The molecule has 0 amide bonds. The predicted molar refractivity (Wildman–Crippen MR) is 69.2 cm³/mol. The van der Waals surface area contributed by atoms with Gasteiger partial charge in [0.2, 0.25) is 0 Å². The van der Waals surface area contributed by atoms with Crippen LogP contribution >= 0.6 is 0 Å². The molecule has 0 unspecified atom stereocenters. The Hall–Kier alpha value is -0.120. The summed E-state index contributed by atoms with van der Waals surface area (Å²) >= 11 is 0. The normalized spacial score (nSPS) is 32.6. The molecular formula is C14H28O3. The van der Waals surface area contributed by atoms with Crippen LogP contribution in [0.5, 0.6) is 0 Å². The zero-order chi connectivity index (χ0) is 13.2. The molecule has 0 aromatic heterocycles. The van der Waals surface area contributed by atoms with Crippen LogP contribution in [0.3, 0.4) is 0 Å². The molecule has 3 atom stereocenters. The third-order valence-corrected chi connectivity index (χ3v) is 3.51. The van der Waals surface area contributed by atoms with E-state index in [0.29, 0.717) is 6.61 Å². The van der Waals surface area contributed by atoms with Crippen LogP contribution in [0.1, 0.15) is 48.5 Å². The SMILES string of the molecule is CC(C)OC[C@@H]1O[C@H](C)C(C)(C)[C@H]1OC(C)C. The zero-order valence-corrected chi connectivity index (χ0v) is 12.3. The lowest BCUT2D eigenvalue weighted by Crippen LogP contribution is -2.40. The minimum absolute atomic E-state index is 0.0370. The van der Waals surface area contributed by atoms with Crippen molar-refractivity contribution in [2.24, 2.45) is 5.41 Å². The first-order valence-corrected chi connectivity index (χ1v) is 6.67. The van der Waals surface area contributed by atoms with E-state index in [1.54, 1.807) is 0 Å². The molecule has 0 aromatic carbocycles. The van der Waals surface area contributed by atoms with Crippen molar-refractivity contribution in [1.82, 2.24) is 0 Å². The molecule has 1 fully saturated rings.